The lowest BCUT2D eigenvalue weighted by atomic mass is 9.97. The van der Waals surface area contributed by atoms with E-state index in [1.165, 1.54) is 23.2 Å². The summed E-state index contributed by atoms with van der Waals surface area (Å²) in [5, 5.41) is 5.29. The van der Waals surface area contributed by atoms with Crippen molar-refractivity contribution in [3.05, 3.63) is 64.4 Å². The molecular weight excluding hydrogens is 605 g/mol. The number of rotatable bonds is 9. The minimum Gasteiger partial charge on any atom is -0.487 e. The summed E-state index contributed by atoms with van der Waals surface area (Å²) in [5.41, 5.74) is 0.969. The molecule has 5 rings (SSSR count). The molecule has 0 N–H and O–H groups in total. The molecule has 41 heavy (non-hydrogen) atoms. The van der Waals surface area contributed by atoms with E-state index in [1.807, 2.05) is 0 Å². The van der Waals surface area contributed by atoms with Gasteiger partial charge in [0.2, 0.25) is 16.0 Å². The lowest BCUT2D eigenvalue weighted by Gasteiger charge is -2.29. The van der Waals surface area contributed by atoms with Crippen LogP contribution in [0.15, 0.2) is 61.9 Å². The Morgan fingerprint density at radius 1 is 1.17 bits per heavy atom. The molecule has 1 aliphatic carbocycles. The van der Waals surface area contributed by atoms with Crippen LogP contribution in [0.4, 0.5) is 18.9 Å². The number of aromatic nitrogens is 5. The molecule has 0 amide bonds. The van der Waals surface area contributed by atoms with Crippen LogP contribution in [0.1, 0.15) is 31.7 Å². The fraction of sp³-hybridized carbons (Fsp3) is 0.250. The molecule has 0 saturated heterocycles. The number of sulfonamides is 1. The number of alkyl halides is 3. The molecule has 3 heterocycles. The number of benzene rings is 1. The Morgan fingerprint density at radius 3 is 2.61 bits per heavy atom. The van der Waals surface area contributed by atoms with Crippen molar-refractivity contribution >= 4 is 49.9 Å². The van der Waals surface area contributed by atoms with Gasteiger partial charge in [-0.1, -0.05) is 11.2 Å². The Morgan fingerprint density at radius 2 is 1.98 bits per heavy atom. The van der Waals surface area contributed by atoms with Crippen LogP contribution in [-0.4, -0.2) is 51.3 Å². The summed E-state index contributed by atoms with van der Waals surface area (Å²) >= 11 is 1.98. The van der Waals surface area contributed by atoms with Crippen LogP contribution in [0.25, 0.3) is 17.3 Å². The summed E-state index contributed by atoms with van der Waals surface area (Å²) in [5.74, 6) is -0.380. The molecule has 0 bridgehead atoms. The third-order valence-electron chi connectivity index (χ3n) is 5.69. The van der Waals surface area contributed by atoms with Crippen LogP contribution in [0.5, 0.6) is 5.75 Å². The van der Waals surface area contributed by atoms with Gasteiger partial charge in [0.05, 0.1) is 16.8 Å². The van der Waals surface area contributed by atoms with E-state index in [9.17, 15) is 26.4 Å². The number of nitrogens with zero attached hydrogens (tertiary/aromatic N) is 6. The maximum Gasteiger partial charge on any atom is 0.416 e. The number of hydrogen-bond donors (Lipinski definition) is 0. The van der Waals surface area contributed by atoms with E-state index in [1.54, 1.807) is 19.9 Å². The Bertz CT molecular complexity index is 1730. The second kappa shape index (κ2) is 11.1. The molecule has 0 radical (unpaired) electrons. The number of Topliss-reactive ketones (excluding diaryl/α,β-unsaturated/α-hetero) is 1. The monoisotopic (exact) mass is 624 g/mol. The quantitative estimate of drug-likeness (QED) is 0.249. The smallest absolute Gasteiger partial charge is 0.416 e. The number of ketones is 1. The molecule has 1 aliphatic rings. The van der Waals surface area contributed by atoms with E-state index in [4.69, 9.17) is 9.26 Å². The average Bonchev–Trinajstić information content (AvgIpc) is 3.70. The van der Waals surface area contributed by atoms with E-state index in [0.29, 0.717) is 5.57 Å². The van der Waals surface area contributed by atoms with Crippen molar-refractivity contribution in [2.45, 2.75) is 36.8 Å². The lowest BCUT2D eigenvalue weighted by Crippen LogP contribution is -2.37. The van der Waals surface area contributed by atoms with Crippen molar-refractivity contribution in [1.29, 1.82) is 0 Å². The first-order valence-corrected chi connectivity index (χ1v) is 14.9. The lowest BCUT2D eigenvalue weighted by molar-refractivity contribution is -0.137. The van der Waals surface area contributed by atoms with Crippen LogP contribution in [0.2, 0.25) is 0 Å². The van der Waals surface area contributed by atoms with E-state index in [-0.39, 0.29) is 57.7 Å². The molecular formula is C24H19F3N6O5S3. The summed E-state index contributed by atoms with van der Waals surface area (Å²) in [6.07, 6.45) is -0.505. The first kappa shape index (κ1) is 28.6. The zero-order valence-electron chi connectivity index (χ0n) is 21.2. The van der Waals surface area contributed by atoms with Crippen molar-refractivity contribution in [1.82, 2.24) is 24.5 Å². The molecule has 0 unspecified atom stereocenters. The van der Waals surface area contributed by atoms with Gasteiger partial charge in [-0.3, -0.25) is 9.10 Å². The fourth-order valence-corrected chi connectivity index (χ4v) is 6.91. The highest BCUT2D eigenvalue weighted by atomic mass is 32.2. The number of carbonyl (C=O) groups is 1. The Hall–Kier alpha value is -3.96. The molecule has 17 heteroatoms. The highest BCUT2D eigenvalue weighted by molar-refractivity contribution is 7.94. The summed E-state index contributed by atoms with van der Waals surface area (Å²) in [7, 11) is -4.21. The van der Waals surface area contributed by atoms with Gasteiger partial charge in [0.15, 0.2) is 5.78 Å². The maximum atomic E-state index is 13.6. The second-order valence-corrected chi connectivity index (χ2v) is 12.3. The van der Waals surface area contributed by atoms with Crippen molar-refractivity contribution in [2.24, 2.45) is 0 Å². The second-order valence-electron chi connectivity index (χ2n) is 8.84. The van der Waals surface area contributed by atoms with E-state index >= 15 is 0 Å². The van der Waals surface area contributed by atoms with Gasteiger partial charge in [-0.15, -0.1) is 11.3 Å². The molecule has 0 spiro atoms. The number of ether oxygens (including phenoxy) is 1. The van der Waals surface area contributed by atoms with Crippen molar-refractivity contribution in [2.75, 3.05) is 10.9 Å². The van der Waals surface area contributed by atoms with Gasteiger partial charge in [-0.05, 0) is 55.2 Å². The van der Waals surface area contributed by atoms with Crippen LogP contribution >= 0.6 is 22.9 Å². The van der Waals surface area contributed by atoms with Gasteiger partial charge in [0.1, 0.15) is 17.9 Å². The van der Waals surface area contributed by atoms with Crippen molar-refractivity contribution in [3.8, 4) is 17.5 Å². The minimum atomic E-state index is -4.71. The average molecular weight is 625 g/mol. The molecule has 0 atom stereocenters. The van der Waals surface area contributed by atoms with Crippen molar-refractivity contribution < 1.29 is 35.6 Å². The number of halogens is 3. The molecule has 4 aromatic rings. The molecule has 11 nitrogen and oxygen atoms in total. The summed E-state index contributed by atoms with van der Waals surface area (Å²) < 4.78 is 83.1. The number of carbonyl (C=O) groups excluding carboxylic acids is 1. The van der Waals surface area contributed by atoms with E-state index < -0.39 is 27.8 Å². The van der Waals surface area contributed by atoms with Gasteiger partial charge < -0.3 is 9.26 Å². The van der Waals surface area contributed by atoms with E-state index in [0.717, 1.165) is 45.4 Å². The standard InChI is InChI=1S/C24H19F3N6O5S3/c1-13(2)33(41(35,36)23-28-7-8-39-23)17-6-4-15(24(25,26)27)10-19(17)37-11-14-3-5-16(18(34)9-14)20-30-22(38-31-20)21-29-12-40-32-21/h3-8,10,12-13H,9,11H2,1-2H3. The third-order valence-corrected chi connectivity index (χ3v) is 9.34. The zero-order valence-corrected chi connectivity index (χ0v) is 23.6. The van der Waals surface area contributed by atoms with Crippen molar-refractivity contribution in [3.63, 3.8) is 0 Å². The number of anilines is 1. The van der Waals surface area contributed by atoms with Crippen LogP contribution in [0.3, 0.4) is 0 Å². The SMILES string of the molecule is CC(C)N(c1ccc(C(F)(F)F)cc1OCC1=CC=C(c2noc(-c3ncsn3)n2)C(=O)C1)S(=O)(=O)c1nccs1. The predicted molar refractivity (Wildman–Crippen MR) is 143 cm³/mol. The van der Waals surface area contributed by atoms with E-state index in [2.05, 4.69) is 24.5 Å². The summed E-state index contributed by atoms with van der Waals surface area (Å²) in [6, 6.07) is 1.88. The van der Waals surface area contributed by atoms with Gasteiger partial charge >= 0.3 is 6.18 Å². The van der Waals surface area contributed by atoms with Crippen LogP contribution < -0.4 is 9.04 Å². The van der Waals surface area contributed by atoms with Gasteiger partial charge in [0, 0.05) is 24.0 Å². The largest absolute Gasteiger partial charge is 0.487 e. The Balaban J connectivity index is 1.44. The highest BCUT2D eigenvalue weighted by Gasteiger charge is 2.36. The topological polar surface area (TPSA) is 141 Å². The predicted octanol–water partition coefficient (Wildman–Crippen LogP) is 5.03. The third kappa shape index (κ3) is 5.91. The molecule has 0 aliphatic heterocycles. The molecule has 0 fully saturated rings. The first-order valence-electron chi connectivity index (χ1n) is 11.8. The molecule has 1 aromatic carbocycles. The normalized spacial score (nSPS) is 14.2. The zero-order chi connectivity index (χ0) is 29.4. The maximum absolute atomic E-state index is 13.6. The first-order chi connectivity index (χ1) is 19.4. The number of thiazole rings is 1. The summed E-state index contributed by atoms with van der Waals surface area (Å²) in [4.78, 5) is 24.9. The summed E-state index contributed by atoms with van der Waals surface area (Å²) in [6.45, 7) is 2.87. The van der Waals surface area contributed by atoms with Gasteiger partial charge in [-0.25, -0.2) is 9.97 Å². The molecule has 214 valence electrons. The number of allylic oxidation sites excluding steroid dienone is 3. The Labute approximate surface area is 239 Å². The van der Waals surface area contributed by atoms with Gasteiger partial charge in [-0.2, -0.15) is 30.9 Å². The van der Waals surface area contributed by atoms with Gasteiger partial charge in [0.25, 0.3) is 15.9 Å². The fourth-order valence-electron chi connectivity index (χ4n) is 3.91. The van der Waals surface area contributed by atoms with Crippen LogP contribution in [-0.2, 0) is 21.0 Å². The van der Waals surface area contributed by atoms with Crippen LogP contribution in [0, 0.1) is 0 Å². The number of hydrogen-bond acceptors (Lipinski definition) is 12. The Kier molecular flexibility index (Phi) is 7.76. The molecule has 0 saturated carbocycles. The molecule has 3 aromatic heterocycles. The highest BCUT2D eigenvalue weighted by Crippen LogP contribution is 2.40. The minimum absolute atomic E-state index is 0.0381.